The Kier molecular flexibility index (Phi) is 1.85. The number of hydrogen-bond acceptors (Lipinski definition) is 6. The zero-order valence-corrected chi connectivity index (χ0v) is 8.46. The Morgan fingerprint density at radius 2 is 2.50 bits per heavy atom. The minimum absolute atomic E-state index is 0.180. The van der Waals surface area contributed by atoms with E-state index < -0.39 is 23.7 Å². The van der Waals surface area contributed by atoms with Crippen LogP contribution < -0.4 is 16.7 Å². The van der Waals surface area contributed by atoms with E-state index in [1.165, 1.54) is 16.8 Å². The van der Waals surface area contributed by atoms with Crippen molar-refractivity contribution in [2.24, 2.45) is 0 Å². The fourth-order valence-corrected chi connectivity index (χ4v) is 1.97. The monoisotopic (exact) mass is 224 g/mol. The Hall–Kier alpha value is -1.44. The van der Waals surface area contributed by atoms with Crippen LogP contribution in [0.5, 0.6) is 0 Å². The maximum atomic E-state index is 11.6. The summed E-state index contributed by atoms with van der Waals surface area (Å²) >= 11 is 0. The zero-order chi connectivity index (χ0) is 11.3. The van der Waals surface area contributed by atoms with Gasteiger partial charge in [0, 0.05) is 19.2 Å². The van der Waals surface area contributed by atoms with Crippen LogP contribution in [-0.2, 0) is 4.74 Å². The lowest BCUT2D eigenvalue weighted by Crippen LogP contribution is -2.29. The number of nitrogens with one attached hydrogen (secondary N) is 1. The molecule has 4 N–H and O–H groups in total. The average molecular weight is 224 g/mol. The van der Waals surface area contributed by atoms with E-state index >= 15 is 0 Å². The maximum absolute atomic E-state index is 11.6. The third-order valence-corrected chi connectivity index (χ3v) is 3.00. The normalized spacial score (nSPS) is 36.8. The van der Waals surface area contributed by atoms with Crippen molar-refractivity contribution in [3.63, 3.8) is 0 Å². The Morgan fingerprint density at radius 3 is 3.06 bits per heavy atom. The number of aromatic nitrogens is 2. The second-order valence-corrected chi connectivity index (χ2v) is 4.11. The highest BCUT2D eigenvalue weighted by molar-refractivity contribution is 5.23. The average Bonchev–Trinajstić information content (AvgIpc) is 2.90. The molecule has 0 aromatic carbocycles. The van der Waals surface area contributed by atoms with Gasteiger partial charge in [0.25, 0.3) is 0 Å². The van der Waals surface area contributed by atoms with Gasteiger partial charge < -0.3 is 15.6 Å². The number of anilines is 1. The van der Waals surface area contributed by atoms with Gasteiger partial charge in [-0.3, -0.25) is 9.88 Å². The minimum atomic E-state index is -0.647. The van der Waals surface area contributed by atoms with E-state index in [0.717, 1.165) is 0 Å². The van der Waals surface area contributed by atoms with Crippen molar-refractivity contribution in [1.29, 1.82) is 0 Å². The lowest BCUT2D eigenvalue weighted by molar-refractivity contribution is -0.0409. The maximum Gasteiger partial charge on any atom is 0.351 e. The summed E-state index contributed by atoms with van der Waals surface area (Å²) in [4.78, 5) is 15.2. The van der Waals surface area contributed by atoms with Gasteiger partial charge in [0.15, 0.2) is 5.72 Å². The molecule has 86 valence electrons. The molecule has 3 rings (SSSR count). The van der Waals surface area contributed by atoms with Gasteiger partial charge in [-0.2, -0.15) is 4.98 Å². The second-order valence-electron chi connectivity index (χ2n) is 4.11. The molecule has 0 amide bonds. The molecule has 2 unspecified atom stereocenters. The van der Waals surface area contributed by atoms with Gasteiger partial charge in [-0.15, -0.1) is 0 Å². The summed E-state index contributed by atoms with van der Waals surface area (Å²) in [5.74, 6) is 0.180. The molecule has 7 heteroatoms. The molecule has 1 aromatic heterocycles. The predicted octanol–water partition coefficient (Wildman–Crippen LogP) is -1.60. The molecule has 1 aromatic rings. The summed E-state index contributed by atoms with van der Waals surface area (Å²) in [7, 11) is 0. The first-order chi connectivity index (χ1) is 7.61. The van der Waals surface area contributed by atoms with Crippen LogP contribution in [0.25, 0.3) is 0 Å². The zero-order valence-electron chi connectivity index (χ0n) is 8.46. The van der Waals surface area contributed by atoms with Gasteiger partial charge in [-0.1, -0.05) is 0 Å². The Morgan fingerprint density at radius 1 is 1.75 bits per heavy atom. The molecule has 3 atom stereocenters. The summed E-state index contributed by atoms with van der Waals surface area (Å²) in [6, 6.07) is 1.53. The molecule has 2 aliphatic rings. The first kappa shape index (κ1) is 9.76. The number of nitrogens with two attached hydrogens (primary N) is 1. The van der Waals surface area contributed by atoms with Gasteiger partial charge >= 0.3 is 5.69 Å². The van der Waals surface area contributed by atoms with E-state index in [1.807, 2.05) is 0 Å². The van der Waals surface area contributed by atoms with Gasteiger partial charge in [-0.25, -0.2) is 4.79 Å². The van der Waals surface area contributed by atoms with Crippen LogP contribution in [0.4, 0.5) is 5.82 Å². The van der Waals surface area contributed by atoms with Crippen LogP contribution >= 0.6 is 0 Å². The summed E-state index contributed by atoms with van der Waals surface area (Å²) in [5, 5.41) is 12.7. The smallest absolute Gasteiger partial charge is 0.351 e. The first-order valence-corrected chi connectivity index (χ1v) is 5.06. The molecular formula is C9H12N4O3. The second kappa shape index (κ2) is 3.03. The minimum Gasteiger partial charge on any atom is -0.388 e. The highest BCUT2D eigenvalue weighted by Crippen LogP contribution is 2.39. The van der Waals surface area contributed by atoms with Crippen molar-refractivity contribution < 1.29 is 9.84 Å². The molecule has 2 saturated heterocycles. The van der Waals surface area contributed by atoms with E-state index in [9.17, 15) is 9.90 Å². The van der Waals surface area contributed by atoms with Crippen molar-refractivity contribution in [1.82, 2.24) is 14.9 Å². The largest absolute Gasteiger partial charge is 0.388 e. The Bertz CT molecular complexity index is 482. The summed E-state index contributed by atoms with van der Waals surface area (Å²) in [5.41, 5.74) is 4.28. The van der Waals surface area contributed by atoms with Gasteiger partial charge in [0.05, 0.1) is 0 Å². The molecule has 7 nitrogen and oxygen atoms in total. The van der Waals surface area contributed by atoms with Crippen LogP contribution in [-0.4, -0.2) is 33.0 Å². The van der Waals surface area contributed by atoms with Crippen LogP contribution in [0.3, 0.4) is 0 Å². The highest BCUT2D eigenvalue weighted by atomic mass is 16.6. The molecule has 0 bridgehead atoms. The number of aliphatic hydroxyl groups excluding tert-OH is 1. The van der Waals surface area contributed by atoms with Gasteiger partial charge in [-0.05, 0) is 6.07 Å². The third-order valence-electron chi connectivity index (χ3n) is 3.00. The number of aliphatic hydroxyl groups is 1. The third kappa shape index (κ3) is 1.33. The molecule has 16 heavy (non-hydrogen) atoms. The Balaban J connectivity index is 1.91. The van der Waals surface area contributed by atoms with Gasteiger partial charge in [0.1, 0.15) is 18.1 Å². The van der Waals surface area contributed by atoms with Gasteiger partial charge in [0.2, 0.25) is 0 Å². The standard InChI is InChI=1S/C9H12N4O3/c10-6-1-2-13(8(15)12-6)7-3-5(14)9(16-7)4-11-9/h1-2,5,7,11,14H,3-4H2,(H2,10,12,15)/t5-,7?,9?/m0/s1. The quantitative estimate of drug-likeness (QED) is 0.495. The van der Waals surface area contributed by atoms with Crippen LogP contribution in [0.1, 0.15) is 12.6 Å². The summed E-state index contributed by atoms with van der Waals surface area (Å²) < 4.78 is 6.94. The molecule has 0 aliphatic carbocycles. The van der Waals surface area contributed by atoms with Crippen molar-refractivity contribution >= 4 is 5.82 Å². The van der Waals surface area contributed by atoms with Crippen molar-refractivity contribution in [2.75, 3.05) is 12.3 Å². The number of hydrogen-bond donors (Lipinski definition) is 3. The topological polar surface area (TPSA) is 112 Å². The number of nitrogens with zero attached hydrogens (tertiary/aromatic N) is 2. The predicted molar refractivity (Wildman–Crippen MR) is 54.4 cm³/mol. The van der Waals surface area contributed by atoms with Crippen molar-refractivity contribution in [3.05, 3.63) is 22.7 Å². The summed E-state index contributed by atoms with van der Waals surface area (Å²) in [6.07, 6.45) is 0.828. The van der Waals surface area contributed by atoms with E-state index in [0.29, 0.717) is 13.0 Å². The van der Waals surface area contributed by atoms with Crippen molar-refractivity contribution in [2.45, 2.75) is 24.5 Å². The lowest BCUT2D eigenvalue weighted by Gasteiger charge is -2.13. The molecule has 2 fully saturated rings. The fraction of sp³-hybridized carbons (Fsp3) is 0.556. The molecule has 0 saturated carbocycles. The van der Waals surface area contributed by atoms with Crippen molar-refractivity contribution in [3.8, 4) is 0 Å². The molecule has 0 radical (unpaired) electrons. The lowest BCUT2D eigenvalue weighted by atomic mass is 10.2. The number of ether oxygens (including phenoxy) is 1. The van der Waals surface area contributed by atoms with Crippen LogP contribution in [0, 0.1) is 0 Å². The van der Waals surface area contributed by atoms with E-state index in [4.69, 9.17) is 10.5 Å². The van der Waals surface area contributed by atoms with E-state index in [-0.39, 0.29) is 5.82 Å². The number of nitrogen functional groups attached to an aromatic ring is 1. The summed E-state index contributed by atoms with van der Waals surface area (Å²) in [6.45, 7) is 0.613. The fourth-order valence-electron chi connectivity index (χ4n) is 1.97. The molecule has 3 heterocycles. The highest BCUT2D eigenvalue weighted by Gasteiger charge is 2.57. The van der Waals surface area contributed by atoms with Crippen LogP contribution in [0.2, 0.25) is 0 Å². The Labute approximate surface area is 90.9 Å². The first-order valence-electron chi connectivity index (χ1n) is 5.06. The SMILES string of the molecule is Nc1ccn(C2C[C@H](O)C3(CN3)O2)c(=O)n1. The van der Waals surface area contributed by atoms with Crippen LogP contribution in [0.15, 0.2) is 17.1 Å². The molecule has 1 spiro atoms. The van der Waals surface area contributed by atoms with E-state index in [1.54, 1.807) is 0 Å². The van der Waals surface area contributed by atoms with E-state index in [2.05, 4.69) is 10.3 Å². The molecule has 2 aliphatic heterocycles. The number of rotatable bonds is 1. The molecular weight excluding hydrogens is 212 g/mol.